The minimum Gasteiger partial charge on any atom is -0.378 e. The van der Waals surface area contributed by atoms with Gasteiger partial charge in [-0.05, 0) is 26.2 Å². The summed E-state index contributed by atoms with van der Waals surface area (Å²) < 4.78 is 5.43. The first kappa shape index (κ1) is 13.2. The van der Waals surface area contributed by atoms with Crippen LogP contribution in [0.25, 0.3) is 0 Å². The van der Waals surface area contributed by atoms with E-state index in [4.69, 9.17) is 4.74 Å². The van der Waals surface area contributed by atoms with Crippen LogP contribution in [-0.2, 0) is 14.3 Å². The van der Waals surface area contributed by atoms with E-state index in [9.17, 15) is 9.59 Å². The second kappa shape index (κ2) is 6.63. The predicted molar refractivity (Wildman–Crippen MR) is 61.1 cm³/mol. The highest BCUT2D eigenvalue weighted by Gasteiger charge is 2.18. The van der Waals surface area contributed by atoms with Crippen molar-refractivity contribution in [2.75, 3.05) is 6.61 Å². The monoisotopic (exact) mass is 227 g/mol. The molecule has 1 rings (SSSR count). The van der Waals surface area contributed by atoms with E-state index in [-0.39, 0.29) is 23.8 Å². The van der Waals surface area contributed by atoms with Crippen molar-refractivity contribution in [1.82, 2.24) is 5.32 Å². The van der Waals surface area contributed by atoms with E-state index in [1.807, 2.05) is 0 Å². The number of hydrogen-bond acceptors (Lipinski definition) is 3. The largest absolute Gasteiger partial charge is 0.378 e. The van der Waals surface area contributed by atoms with E-state index in [0.717, 1.165) is 25.9 Å². The van der Waals surface area contributed by atoms with E-state index in [1.165, 1.54) is 0 Å². The van der Waals surface area contributed by atoms with Gasteiger partial charge in [0.25, 0.3) is 0 Å². The lowest BCUT2D eigenvalue weighted by atomic mass is 10.1. The average Bonchev–Trinajstić information content (AvgIpc) is 2.78. The van der Waals surface area contributed by atoms with Gasteiger partial charge >= 0.3 is 0 Å². The van der Waals surface area contributed by atoms with Crippen LogP contribution in [0.2, 0.25) is 0 Å². The summed E-state index contributed by atoms with van der Waals surface area (Å²) in [4.78, 5) is 22.8. The van der Waals surface area contributed by atoms with Crippen molar-refractivity contribution >= 4 is 11.7 Å². The van der Waals surface area contributed by atoms with Crippen LogP contribution in [0, 0.1) is 0 Å². The highest BCUT2D eigenvalue weighted by atomic mass is 16.5. The SMILES string of the molecule is CCC(=O)C(C)NC(=O)CCC1CCCO1. The van der Waals surface area contributed by atoms with Gasteiger partial charge in [0.15, 0.2) is 5.78 Å². The van der Waals surface area contributed by atoms with Gasteiger partial charge in [-0.15, -0.1) is 0 Å². The smallest absolute Gasteiger partial charge is 0.220 e. The zero-order valence-electron chi connectivity index (χ0n) is 10.1. The first-order chi connectivity index (χ1) is 7.63. The third-order valence-electron chi connectivity index (χ3n) is 2.93. The van der Waals surface area contributed by atoms with Gasteiger partial charge in [0.1, 0.15) is 0 Å². The molecule has 2 unspecified atom stereocenters. The predicted octanol–water partition coefficient (Wildman–Crippen LogP) is 1.43. The van der Waals surface area contributed by atoms with Crippen LogP contribution in [0.1, 0.15) is 46.0 Å². The minimum absolute atomic E-state index is 0.0511. The van der Waals surface area contributed by atoms with Crippen LogP contribution in [-0.4, -0.2) is 30.4 Å². The maximum Gasteiger partial charge on any atom is 0.220 e. The number of hydrogen-bond donors (Lipinski definition) is 1. The Labute approximate surface area is 96.7 Å². The van der Waals surface area contributed by atoms with Gasteiger partial charge in [-0.1, -0.05) is 6.92 Å². The fourth-order valence-corrected chi connectivity index (χ4v) is 1.86. The van der Waals surface area contributed by atoms with Gasteiger partial charge in [0.05, 0.1) is 12.1 Å². The van der Waals surface area contributed by atoms with Crippen molar-refractivity contribution in [3.63, 3.8) is 0 Å². The van der Waals surface area contributed by atoms with Crippen LogP contribution in [0.3, 0.4) is 0 Å². The van der Waals surface area contributed by atoms with Crippen molar-refractivity contribution in [2.45, 2.75) is 58.1 Å². The summed E-state index contributed by atoms with van der Waals surface area (Å²) in [5.74, 6) is 0.0234. The summed E-state index contributed by atoms with van der Waals surface area (Å²) in [6, 6.07) is -0.359. The van der Waals surface area contributed by atoms with Crippen molar-refractivity contribution in [3.8, 4) is 0 Å². The van der Waals surface area contributed by atoms with Crippen molar-refractivity contribution in [2.24, 2.45) is 0 Å². The molecular weight excluding hydrogens is 206 g/mol. The zero-order valence-corrected chi connectivity index (χ0v) is 10.1. The average molecular weight is 227 g/mol. The molecule has 1 N–H and O–H groups in total. The number of nitrogens with one attached hydrogen (secondary N) is 1. The molecule has 0 aromatic carbocycles. The Morgan fingerprint density at radius 2 is 2.25 bits per heavy atom. The maximum absolute atomic E-state index is 11.5. The number of amides is 1. The van der Waals surface area contributed by atoms with E-state index in [1.54, 1.807) is 13.8 Å². The maximum atomic E-state index is 11.5. The molecule has 92 valence electrons. The summed E-state index contributed by atoms with van der Waals surface area (Å²) in [5, 5.41) is 2.71. The van der Waals surface area contributed by atoms with E-state index in [0.29, 0.717) is 12.8 Å². The molecule has 0 spiro atoms. The molecule has 1 fully saturated rings. The molecule has 0 aromatic heterocycles. The van der Waals surface area contributed by atoms with Crippen LogP contribution < -0.4 is 5.32 Å². The Morgan fingerprint density at radius 3 is 2.81 bits per heavy atom. The number of rotatable bonds is 6. The molecule has 1 aliphatic heterocycles. The zero-order chi connectivity index (χ0) is 12.0. The quantitative estimate of drug-likeness (QED) is 0.746. The standard InChI is InChI=1S/C12H21NO3/c1-3-11(14)9(2)13-12(15)7-6-10-5-4-8-16-10/h9-10H,3-8H2,1-2H3,(H,13,15). The van der Waals surface area contributed by atoms with Crippen molar-refractivity contribution in [3.05, 3.63) is 0 Å². The van der Waals surface area contributed by atoms with Crippen LogP contribution >= 0.6 is 0 Å². The molecule has 1 heterocycles. The summed E-state index contributed by atoms with van der Waals surface area (Å²) in [6.45, 7) is 4.35. The number of ketones is 1. The second-order valence-corrected chi connectivity index (χ2v) is 4.28. The van der Waals surface area contributed by atoms with Crippen molar-refractivity contribution < 1.29 is 14.3 Å². The van der Waals surface area contributed by atoms with E-state index >= 15 is 0 Å². The van der Waals surface area contributed by atoms with Gasteiger partial charge in [0, 0.05) is 19.4 Å². The molecule has 1 aliphatic rings. The Bertz CT molecular complexity index is 247. The molecule has 4 heteroatoms. The molecule has 0 aliphatic carbocycles. The molecule has 16 heavy (non-hydrogen) atoms. The summed E-state index contributed by atoms with van der Waals surface area (Å²) in [6.07, 6.45) is 4.06. The molecule has 4 nitrogen and oxygen atoms in total. The summed E-state index contributed by atoms with van der Waals surface area (Å²) in [5.41, 5.74) is 0. The summed E-state index contributed by atoms with van der Waals surface area (Å²) in [7, 11) is 0. The molecule has 1 amide bonds. The Morgan fingerprint density at radius 1 is 1.50 bits per heavy atom. The Hall–Kier alpha value is -0.900. The lowest BCUT2D eigenvalue weighted by Crippen LogP contribution is -2.38. The Kier molecular flexibility index (Phi) is 5.46. The third-order valence-corrected chi connectivity index (χ3v) is 2.93. The number of Topliss-reactive ketones (excluding diaryl/α,β-unsaturated/α-hetero) is 1. The van der Waals surface area contributed by atoms with Gasteiger partial charge < -0.3 is 10.1 Å². The van der Waals surface area contributed by atoms with Gasteiger partial charge in [-0.2, -0.15) is 0 Å². The normalized spacial score (nSPS) is 21.8. The summed E-state index contributed by atoms with van der Waals surface area (Å²) >= 11 is 0. The van der Waals surface area contributed by atoms with E-state index in [2.05, 4.69) is 5.32 Å². The fourth-order valence-electron chi connectivity index (χ4n) is 1.86. The van der Waals surface area contributed by atoms with Gasteiger partial charge in [-0.3, -0.25) is 9.59 Å². The first-order valence-corrected chi connectivity index (χ1v) is 6.07. The van der Waals surface area contributed by atoms with Crippen LogP contribution in [0.4, 0.5) is 0 Å². The lowest BCUT2D eigenvalue weighted by Gasteiger charge is -2.13. The van der Waals surface area contributed by atoms with Gasteiger partial charge in [-0.25, -0.2) is 0 Å². The first-order valence-electron chi connectivity index (χ1n) is 6.07. The van der Waals surface area contributed by atoms with E-state index < -0.39 is 0 Å². The topological polar surface area (TPSA) is 55.4 Å². The lowest BCUT2D eigenvalue weighted by molar-refractivity contribution is -0.127. The highest BCUT2D eigenvalue weighted by Crippen LogP contribution is 2.16. The molecular formula is C12H21NO3. The minimum atomic E-state index is -0.359. The molecule has 2 atom stereocenters. The molecule has 0 saturated carbocycles. The number of ether oxygens (including phenoxy) is 1. The number of carbonyl (C=O) groups excluding carboxylic acids is 2. The highest BCUT2D eigenvalue weighted by molar-refractivity contribution is 5.88. The molecule has 1 saturated heterocycles. The molecule has 0 bridgehead atoms. The Balaban J connectivity index is 2.17. The molecule has 0 radical (unpaired) electrons. The third kappa shape index (κ3) is 4.31. The van der Waals surface area contributed by atoms with Gasteiger partial charge in [0.2, 0.25) is 5.91 Å². The molecule has 0 aromatic rings. The number of carbonyl (C=O) groups is 2. The fraction of sp³-hybridized carbons (Fsp3) is 0.833. The van der Waals surface area contributed by atoms with Crippen LogP contribution in [0.15, 0.2) is 0 Å². The van der Waals surface area contributed by atoms with Crippen LogP contribution in [0.5, 0.6) is 0 Å². The second-order valence-electron chi connectivity index (χ2n) is 4.28. The van der Waals surface area contributed by atoms with Crippen molar-refractivity contribution in [1.29, 1.82) is 0 Å².